The Bertz CT molecular complexity index is 340. The van der Waals surface area contributed by atoms with Crippen molar-refractivity contribution in [3.05, 3.63) is 11.9 Å². The fraction of sp³-hybridized carbons (Fsp3) is 0.750. The molecule has 0 aromatic carbocycles. The summed E-state index contributed by atoms with van der Waals surface area (Å²) in [5.41, 5.74) is 3.01. The van der Waals surface area contributed by atoms with Crippen LogP contribution < -0.4 is 11.3 Å². The first kappa shape index (κ1) is 13.9. The molecule has 0 aliphatic rings. The molecule has 1 unspecified atom stereocenters. The van der Waals surface area contributed by atoms with E-state index in [0.717, 1.165) is 0 Å². The maximum absolute atomic E-state index is 11.8. The highest BCUT2D eigenvalue weighted by molar-refractivity contribution is 4.95. The van der Waals surface area contributed by atoms with Gasteiger partial charge in [0.25, 0.3) is 0 Å². The van der Waals surface area contributed by atoms with Gasteiger partial charge in [0, 0.05) is 19.7 Å². The minimum absolute atomic E-state index is 0.146. The number of nitrogens with zero attached hydrogens (tertiary/aromatic N) is 3. The minimum atomic E-state index is -4.33. The van der Waals surface area contributed by atoms with Gasteiger partial charge in [-0.25, -0.2) is 0 Å². The van der Waals surface area contributed by atoms with Gasteiger partial charge >= 0.3 is 6.18 Å². The van der Waals surface area contributed by atoms with Crippen LogP contribution in [0.15, 0.2) is 6.20 Å². The summed E-state index contributed by atoms with van der Waals surface area (Å²) in [5, 5.41) is 7.50. The summed E-state index contributed by atoms with van der Waals surface area (Å²) < 4.78 is 41.5. The summed E-state index contributed by atoms with van der Waals surface area (Å²) >= 11 is 0. The monoisotopic (exact) mass is 253 g/mol. The molecule has 98 valence electrons. The summed E-state index contributed by atoms with van der Waals surface area (Å²) in [5.74, 6) is 5.21. The summed E-state index contributed by atoms with van der Waals surface area (Å²) in [6, 6.07) is -0.436. The van der Waals surface area contributed by atoms with Crippen LogP contribution in [0.3, 0.4) is 0 Å². The number of aryl methyl sites for hydroxylation is 1. The molecule has 0 saturated carbocycles. The van der Waals surface area contributed by atoms with Crippen molar-refractivity contribution in [3.8, 4) is 0 Å². The van der Waals surface area contributed by atoms with E-state index in [4.69, 9.17) is 5.84 Å². The molecular weight excluding hydrogens is 239 g/mol. The molecule has 1 aromatic heterocycles. The third-order valence-electron chi connectivity index (χ3n) is 1.93. The predicted molar refractivity (Wildman–Crippen MR) is 52.7 cm³/mol. The van der Waals surface area contributed by atoms with Crippen molar-refractivity contribution in [2.75, 3.05) is 13.2 Å². The normalized spacial score (nSPS) is 13.9. The molecule has 0 bridgehead atoms. The van der Waals surface area contributed by atoms with Gasteiger partial charge in [0.05, 0.1) is 18.3 Å². The van der Waals surface area contributed by atoms with Gasteiger partial charge in [-0.15, -0.1) is 5.10 Å². The fourth-order valence-electron chi connectivity index (χ4n) is 1.22. The molecule has 1 atom stereocenters. The molecule has 0 spiro atoms. The zero-order valence-electron chi connectivity index (χ0n) is 9.24. The molecule has 0 amide bonds. The van der Waals surface area contributed by atoms with Crippen LogP contribution in [0.25, 0.3) is 0 Å². The maximum Gasteiger partial charge on any atom is 0.411 e. The van der Waals surface area contributed by atoms with Gasteiger partial charge in [0.15, 0.2) is 0 Å². The van der Waals surface area contributed by atoms with E-state index in [9.17, 15) is 13.2 Å². The van der Waals surface area contributed by atoms with Crippen LogP contribution in [0.2, 0.25) is 0 Å². The number of nitrogens with two attached hydrogens (primary N) is 1. The van der Waals surface area contributed by atoms with Crippen molar-refractivity contribution in [1.29, 1.82) is 0 Å². The Morgan fingerprint density at radius 3 is 2.76 bits per heavy atom. The van der Waals surface area contributed by atoms with Gasteiger partial charge in [0.1, 0.15) is 6.61 Å². The number of hydrogen-bond acceptors (Lipinski definition) is 5. The number of nitrogens with one attached hydrogen (secondary N) is 1. The van der Waals surface area contributed by atoms with E-state index in [0.29, 0.717) is 12.1 Å². The van der Waals surface area contributed by atoms with Gasteiger partial charge in [-0.1, -0.05) is 5.21 Å². The van der Waals surface area contributed by atoms with Crippen molar-refractivity contribution in [3.63, 3.8) is 0 Å². The van der Waals surface area contributed by atoms with Crippen LogP contribution in [0.4, 0.5) is 13.2 Å². The van der Waals surface area contributed by atoms with Gasteiger partial charge in [-0.2, -0.15) is 13.2 Å². The van der Waals surface area contributed by atoms with Crippen LogP contribution in [-0.4, -0.2) is 40.4 Å². The number of hydrazine groups is 1. The van der Waals surface area contributed by atoms with Crippen molar-refractivity contribution < 1.29 is 17.9 Å². The van der Waals surface area contributed by atoms with Crippen molar-refractivity contribution in [2.24, 2.45) is 12.9 Å². The Balaban J connectivity index is 2.34. The fourth-order valence-corrected chi connectivity index (χ4v) is 1.22. The van der Waals surface area contributed by atoms with Crippen molar-refractivity contribution in [1.82, 2.24) is 20.4 Å². The van der Waals surface area contributed by atoms with E-state index in [1.54, 1.807) is 13.2 Å². The SMILES string of the molecule is Cn1cc(CC(COCC(F)(F)F)NN)nn1. The lowest BCUT2D eigenvalue weighted by molar-refractivity contribution is -0.175. The number of alkyl halides is 3. The smallest absolute Gasteiger partial charge is 0.370 e. The molecule has 0 radical (unpaired) electrons. The Morgan fingerprint density at radius 2 is 2.29 bits per heavy atom. The standard InChI is InChI=1S/C8H14F3N5O/c1-16-3-6(14-15-16)2-7(13-12)4-17-5-8(9,10)11/h3,7,13H,2,4-5,12H2,1H3. The van der Waals surface area contributed by atoms with Crippen LogP contribution in [0, 0.1) is 0 Å². The second kappa shape index (κ2) is 5.94. The summed E-state index contributed by atoms with van der Waals surface area (Å²) in [6.07, 6.45) is -2.32. The molecule has 9 heteroatoms. The highest BCUT2D eigenvalue weighted by Crippen LogP contribution is 2.14. The summed E-state index contributed by atoms with van der Waals surface area (Å²) in [7, 11) is 1.70. The Kier molecular flexibility index (Phi) is 4.85. The van der Waals surface area contributed by atoms with Gasteiger partial charge in [-0.05, 0) is 0 Å². The van der Waals surface area contributed by atoms with Crippen molar-refractivity contribution in [2.45, 2.75) is 18.6 Å². The molecule has 1 heterocycles. The first-order valence-electron chi connectivity index (χ1n) is 4.86. The minimum Gasteiger partial charge on any atom is -0.370 e. The molecule has 17 heavy (non-hydrogen) atoms. The number of halogens is 3. The third-order valence-corrected chi connectivity index (χ3v) is 1.93. The van der Waals surface area contributed by atoms with E-state index in [1.807, 2.05) is 0 Å². The first-order chi connectivity index (χ1) is 7.90. The van der Waals surface area contributed by atoms with Crippen molar-refractivity contribution >= 4 is 0 Å². The predicted octanol–water partition coefficient (Wildman–Crippen LogP) is -0.232. The largest absolute Gasteiger partial charge is 0.411 e. The zero-order valence-corrected chi connectivity index (χ0v) is 9.24. The quantitative estimate of drug-likeness (QED) is 0.541. The summed E-state index contributed by atoms with van der Waals surface area (Å²) in [4.78, 5) is 0. The molecule has 3 N–H and O–H groups in total. The highest BCUT2D eigenvalue weighted by Gasteiger charge is 2.27. The van der Waals surface area contributed by atoms with Gasteiger partial charge < -0.3 is 4.74 Å². The van der Waals surface area contributed by atoms with E-state index in [-0.39, 0.29) is 6.61 Å². The molecular formula is C8H14F3N5O. The number of hydrogen-bond donors (Lipinski definition) is 2. The van der Waals surface area contributed by atoms with Gasteiger partial charge in [-0.3, -0.25) is 16.0 Å². The maximum atomic E-state index is 11.8. The molecule has 1 rings (SSSR count). The Labute approximate surface area is 95.9 Å². The van der Waals surface area contributed by atoms with Crippen LogP contribution >= 0.6 is 0 Å². The zero-order chi connectivity index (χ0) is 12.9. The molecule has 0 aliphatic carbocycles. The third kappa shape index (κ3) is 5.61. The Morgan fingerprint density at radius 1 is 1.59 bits per heavy atom. The number of aromatic nitrogens is 3. The average molecular weight is 253 g/mol. The lowest BCUT2D eigenvalue weighted by atomic mass is 10.2. The Hall–Kier alpha value is -1.19. The highest BCUT2D eigenvalue weighted by atomic mass is 19.4. The molecule has 0 fully saturated rings. The van der Waals surface area contributed by atoms with E-state index >= 15 is 0 Å². The van der Waals surface area contributed by atoms with E-state index in [2.05, 4.69) is 20.5 Å². The second-order valence-corrected chi connectivity index (χ2v) is 3.58. The average Bonchev–Trinajstić information content (AvgIpc) is 2.60. The second-order valence-electron chi connectivity index (χ2n) is 3.58. The number of rotatable bonds is 6. The van der Waals surface area contributed by atoms with E-state index in [1.165, 1.54) is 4.68 Å². The molecule has 0 aliphatic heterocycles. The van der Waals surface area contributed by atoms with Crippen LogP contribution in [-0.2, 0) is 18.2 Å². The van der Waals surface area contributed by atoms with Crippen LogP contribution in [0.1, 0.15) is 5.69 Å². The first-order valence-corrected chi connectivity index (χ1v) is 4.86. The molecule has 0 saturated heterocycles. The molecule has 6 nitrogen and oxygen atoms in total. The van der Waals surface area contributed by atoms with Crippen LogP contribution in [0.5, 0.6) is 0 Å². The lowest BCUT2D eigenvalue weighted by Crippen LogP contribution is -2.41. The van der Waals surface area contributed by atoms with E-state index < -0.39 is 18.8 Å². The summed E-state index contributed by atoms with van der Waals surface area (Å²) in [6.45, 7) is -1.43. The lowest BCUT2D eigenvalue weighted by Gasteiger charge is -2.15. The topological polar surface area (TPSA) is 78.0 Å². The molecule has 1 aromatic rings. The van der Waals surface area contributed by atoms with Gasteiger partial charge in [0.2, 0.25) is 0 Å². The number of ether oxygens (including phenoxy) is 1.